The summed E-state index contributed by atoms with van der Waals surface area (Å²) in [6, 6.07) is 17.8. The predicted molar refractivity (Wildman–Crippen MR) is 122 cm³/mol. The average molecular weight is 437 g/mol. The van der Waals surface area contributed by atoms with Crippen LogP contribution in [-0.4, -0.2) is 41.4 Å². The molecule has 0 aliphatic rings. The number of hydrogen-bond donors (Lipinski definition) is 1. The number of nitrogens with one attached hydrogen (secondary N) is 1. The molecule has 2 heterocycles. The van der Waals surface area contributed by atoms with Crippen molar-refractivity contribution in [3.63, 3.8) is 0 Å². The standard InChI is InChI=1S/C23H24N4O3S/c1-4-8-19-22(17-9-6-5-7-10-17)23-24-20(15-21(28)27(23)25-19)16-11-13-18(14-12-16)31(29,30)26(2)3/h5-7,9-15,25H,4,8H2,1-3H3. The van der Waals surface area contributed by atoms with Crippen molar-refractivity contribution in [3.05, 3.63) is 76.7 Å². The fourth-order valence-electron chi connectivity index (χ4n) is 3.58. The van der Waals surface area contributed by atoms with E-state index in [0.29, 0.717) is 16.9 Å². The fourth-order valence-corrected chi connectivity index (χ4v) is 4.48. The molecule has 0 unspecified atom stereocenters. The van der Waals surface area contributed by atoms with Crippen LogP contribution in [0.1, 0.15) is 19.0 Å². The highest BCUT2D eigenvalue weighted by Crippen LogP contribution is 2.29. The average Bonchev–Trinajstić information content (AvgIpc) is 3.13. The molecule has 0 bridgehead atoms. The van der Waals surface area contributed by atoms with Crippen molar-refractivity contribution in [3.8, 4) is 22.4 Å². The van der Waals surface area contributed by atoms with E-state index in [1.165, 1.54) is 41.1 Å². The zero-order chi connectivity index (χ0) is 22.2. The Morgan fingerprint density at radius 2 is 1.68 bits per heavy atom. The maximum Gasteiger partial charge on any atom is 0.273 e. The lowest BCUT2D eigenvalue weighted by atomic mass is 10.0. The topological polar surface area (TPSA) is 87.5 Å². The molecule has 0 fully saturated rings. The van der Waals surface area contributed by atoms with Crippen molar-refractivity contribution in [2.45, 2.75) is 24.7 Å². The lowest BCUT2D eigenvalue weighted by Gasteiger charge is -2.11. The van der Waals surface area contributed by atoms with Gasteiger partial charge in [-0.2, -0.15) is 0 Å². The van der Waals surface area contributed by atoms with Crippen molar-refractivity contribution < 1.29 is 8.42 Å². The van der Waals surface area contributed by atoms with Gasteiger partial charge >= 0.3 is 0 Å². The molecule has 7 nitrogen and oxygen atoms in total. The van der Waals surface area contributed by atoms with Crippen molar-refractivity contribution in [2.24, 2.45) is 0 Å². The van der Waals surface area contributed by atoms with Crippen LogP contribution in [0, 0.1) is 0 Å². The van der Waals surface area contributed by atoms with E-state index in [2.05, 4.69) is 12.0 Å². The number of fused-ring (bicyclic) bond motifs is 1. The minimum atomic E-state index is -3.52. The largest absolute Gasteiger partial charge is 0.293 e. The van der Waals surface area contributed by atoms with Gasteiger partial charge in [0.15, 0.2) is 5.65 Å². The highest BCUT2D eigenvalue weighted by atomic mass is 32.2. The summed E-state index contributed by atoms with van der Waals surface area (Å²) in [5.41, 5.74) is 4.37. The first kappa shape index (κ1) is 21.0. The maximum absolute atomic E-state index is 12.9. The van der Waals surface area contributed by atoms with E-state index in [4.69, 9.17) is 4.98 Å². The Kier molecular flexibility index (Phi) is 5.51. The normalized spacial score (nSPS) is 12.0. The number of nitrogens with zero attached hydrogens (tertiary/aromatic N) is 3. The minimum absolute atomic E-state index is 0.191. The van der Waals surface area contributed by atoms with Crippen LogP contribution in [0.5, 0.6) is 0 Å². The SMILES string of the molecule is CCCc1[nH]n2c(=O)cc(-c3ccc(S(=O)(=O)N(C)C)cc3)nc2c1-c1ccccc1. The zero-order valence-corrected chi connectivity index (χ0v) is 18.5. The monoisotopic (exact) mass is 436 g/mol. The molecule has 0 radical (unpaired) electrons. The molecule has 2 aromatic heterocycles. The second kappa shape index (κ2) is 8.13. The zero-order valence-electron chi connectivity index (χ0n) is 17.7. The second-order valence-electron chi connectivity index (χ2n) is 7.53. The molecular weight excluding hydrogens is 412 g/mol. The van der Waals surface area contributed by atoms with Crippen LogP contribution in [-0.2, 0) is 16.4 Å². The van der Waals surface area contributed by atoms with Gasteiger partial charge < -0.3 is 0 Å². The summed E-state index contributed by atoms with van der Waals surface area (Å²) in [7, 11) is -0.541. The molecule has 0 spiro atoms. The molecule has 0 saturated heterocycles. The Labute approximate surface area is 181 Å². The van der Waals surface area contributed by atoms with E-state index in [9.17, 15) is 13.2 Å². The summed E-state index contributed by atoms with van der Waals surface area (Å²) in [5.74, 6) is 0. The number of aryl methyl sites for hydroxylation is 1. The summed E-state index contributed by atoms with van der Waals surface area (Å²) < 4.78 is 27.3. The van der Waals surface area contributed by atoms with E-state index in [-0.39, 0.29) is 10.5 Å². The molecule has 0 saturated carbocycles. The van der Waals surface area contributed by atoms with Crippen LogP contribution in [0.25, 0.3) is 28.0 Å². The highest BCUT2D eigenvalue weighted by Gasteiger charge is 2.19. The van der Waals surface area contributed by atoms with Crippen LogP contribution in [0.15, 0.2) is 70.4 Å². The number of rotatable bonds is 6. The first-order valence-corrected chi connectivity index (χ1v) is 11.5. The highest BCUT2D eigenvalue weighted by molar-refractivity contribution is 7.89. The van der Waals surface area contributed by atoms with Gasteiger partial charge in [0.1, 0.15) is 0 Å². The first-order valence-electron chi connectivity index (χ1n) is 10.1. The molecule has 0 atom stereocenters. The maximum atomic E-state index is 12.9. The molecule has 0 aliphatic carbocycles. The smallest absolute Gasteiger partial charge is 0.273 e. The van der Waals surface area contributed by atoms with E-state index in [1.807, 2.05) is 30.3 Å². The number of aromatic amines is 1. The molecule has 4 aromatic rings. The Morgan fingerprint density at radius 1 is 1.00 bits per heavy atom. The molecule has 31 heavy (non-hydrogen) atoms. The third-order valence-corrected chi connectivity index (χ3v) is 7.01. The molecule has 2 aromatic carbocycles. The third kappa shape index (κ3) is 3.80. The summed E-state index contributed by atoms with van der Waals surface area (Å²) in [6.45, 7) is 2.09. The minimum Gasteiger partial charge on any atom is -0.293 e. The Balaban J connectivity index is 1.88. The fraction of sp³-hybridized carbons (Fsp3) is 0.217. The van der Waals surface area contributed by atoms with Crippen LogP contribution in [0.4, 0.5) is 0 Å². The van der Waals surface area contributed by atoms with Crippen molar-refractivity contribution in [1.82, 2.24) is 18.9 Å². The summed E-state index contributed by atoms with van der Waals surface area (Å²) in [5, 5.41) is 3.21. The Hall–Kier alpha value is -3.23. The molecule has 8 heteroatoms. The van der Waals surface area contributed by atoms with Gasteiger partial charge in [-0.3, -0.25) is 9.89 Å². The Morgan fingerprint density at radius 3 is 2.29 bits per heavy atom. The molecule has 4 rings (SSSR count). The number of aromatic nitrogens is 3. The lowest BCUT2D eigenvalue weighted by molar-refractivity contribution is 0.521. The van der Waals surface area contributed by atoms with Gasteiger partial charge in [-0.05, 0) is 24.1 Å². The van der Waals surface area contributed by atoms with Gasteiger partial charge in [-0.1, -0.05) is 55.8 Å². The molecule has 160 valence electrons. The van der Waals surface area contributed by atoms with Gasteiger partial charge in [-0.25, -0.2) is 22.2 Å². The quantitative estimate of drug-likeness (QED) is 0.501. The van der Waals surface area contributed by atoms with E-state index < -0.39 is 10.0 Å². The lowest BCUT2D eigenvalue weighted by Crippen LogP contribution is -2.22. The van der Waals surface area contributed by atoms with Crippen molar-refractivity contribution in [2.75, 3.05) is 14.1 Å². The van der Waals surface area contributed by atoms with Crippen molar-refractivity contribution >= 4 is 15.7 Å². The van der Waals surface area contributed by atoms with Gasteiger partial charge in [0.25, 0.3) is 5.56 Å². The number of sulfonamides is 1. The summed E-state index contributed by atoms with van der Waals surface area (Å²) in [4.78, 5) is 17.9. The summed E-state index contributed by atoms with van der Waals surface area (Å²) in [6.07, 6.45) is 1.72. The number of hydrogen-bond acceptors (Lipinski definition) is 4. The van der Waals surface area contributed by atoms with Crippen LogP contribution in [0.2, 0.25) is 0 Å². The van der Waals surface area contributed by atoms with Crippen LogP contribution < -0.4 is 5.56 Å². The van der Waals surface area contributed by atoms with Crippen LogP contribution in [0.3, 0.4) is 0 Å². The molecule has 1 N–H and O–H groups in total. The van der Waals surface area contributed by atoms with E-state index >= 15 is 0 Å². The third-order valence-electron chi connectivity index (χ3n) is 5.18. The number of benzene rings is 2. The van der Waals surface area contributed by atoms with E-state index in [1.54, 1.807) is 12.1 Å². The number of H-pyrrole nitrogens is 1. The van der Waals surface area contributed by atoms with E-state index in [0.717, 1.165) is 29.7 Å². The second-order valence-corrected chi connectivity index (χ2v) is 9.68. The van der Waals surface area contributed by atoms with Crippen molar-refractivity contribution in [1.29, 1.82) is 0 Å². The van der Waals surface area contributed by atoms with Crippen LogP contribution >= 0.6 is 0 Å². The van der Waals surface area contributed by atoms with Gasteiger partial charge in [-0.15, -0.1) is 0 Å². The molecule has 0 amide bonds. The predicted octanol–water partition coefficient (Wildman–Crippen LogP) is 3.56. The summed E-state index contributed by atoms with van der Waals surface area (Å²) >= 11 is 0. The van der Waals surface area contributed by atoms with Gasteiger partial charge in [0.05, 0.1) is 10.6 Å². The van der Waals surface area contributed by atoms with Gasteiger partial charge in [0.2, 0.25) is 10.0 Å². The first-order chi connectivity index (χ1) is 14.8. The molecular formula is C23H24N4O3S. The van der Waals surface area contributed by atoms with Gasteiger partial charge in [0, 0.05) is 37.0 Å². The Bertz CT molecular complexity index is 1390. The molecule has 0 aliphatic heterocycles.